The Kier molecular flexibility index (Phi) is 6.09. The summed E-state index contributed by atoms with van der Waals surface area (Å²) in [5.74, 6) is 2.03. The first-order chi connectivity index (χ1) is 7.67. The molecule has 16 heavy (non-hydrogen) atoms. The van der Waals surface area contributed by atoms with E-state index in [1.807, 2.05) is 30.0 Å². The molecule has 90 valence electrons. The van der Waals surface area contributed by atoms with Crippen molar-refractivity contribution in [2.45, 2.75) is 31.6 Å². The summed E-state index contributed by atoms with van der Waals surface area (Å²) in [6.45, 7) is 4.49. The lowest BCUT2D eigenvalue weighted by atomic mass is 9.87. The van der Waals surface area contributed by atoms with Crippen molar-refractivity contribution in [1.82, 2.24) is 0 Å². The first-order valence-electron chi connectivity index (χ1n) is 5.65. The van der Waals surface area contributed by atoms with Crippen LogP contribution in [0.15, 0.2) is 29.2 Å². The van der Waals surface area contributed by atoms with Gasteiger partial charge in [-0.2, -0.15) is 12.6 Å². The van der Waals surface area contributed by atoms with Crippen LogP contribution < -0.4 is 0 Å². The maximum Gasteiger partial charge on any atom is 0.0541 e. The van der Waals surface area contributed by atoms with Gasteiger partial charge in [0.15, 0.2) is 0 Å². The topological polar surface area (TPSA) is 0 Å². The van der Waals surface area contributed by atoms with Crippen LogP contribution in [0, 0.1) is 5.41 Å². The molecular formula is C13H19ClS2. The summed E-state index contributed by atoms with van der Waals surface area (Å²) >= 11 is 12.5. The normalized spacial score (nSPS) is 11.8. The molecular weight excluding hydrogens is 256 g/mol. The standard InChI is InChI=1S/C13H19ClS2/c1-3-13(4-2,9-15)10-16-12-8-6-5-7-11(12)14/h5-8,15H,3-4,9-10H2,1-2H3. The van der Waals surface area contributed by atoms with Crippen molar-refractivity contribution in [2.75, 3.05) is 11.5 Å². The largest absolute Gasteiger partial charge is 0.179 e. The predicted molar refractivity (Wildman–Crippen MR) is 79.0 cm³/mol. The molecule has 0 aliphatic rings. The molecule has 0 unspecified atom stereocenters. The third kappa shape index (κ3) is 3.61. The highest BCUT2D eigenvalue weighted by Crippen LogP contribution is 2.37. The van der Waals surface area contributed by atoms with Crippen molar-refractivity contribution < 1.29 is 0 Å². The van der Waals surface area contributed by atoms with E-state index < -0.39 is 0 Å². The summed E-state index contributed by atoms with van der Waals surface area (Å²) in [5.41, 5.74) is 0.340. The molecule has 3 heteroatoms. The van der Waals surface area contributed by atoms with E-state index in [4.69, 9.17) is 11.6 Å². The van der Waals surface area contributed by atoms with Crippen LogP contribution in [-0.4, -0.2) is 11.5 Å². The van der Waals surface area contributed by atoms with E-state index in [-0.39, 0.29) is 0 Å². The van der Waals surface area contributed by atoms with Crippen LogP contribution in [0.2, 0.25) is 5.02 Å². The molecule has 0 radical (unpaired) electrons. The molecule has 0 atom stereocenters. The highest BCUT2D eigenvalue weighted by molar-refractivity contribution is 7.99. The molecule has 1 aromatic rings. The molecule has 0 aliphatic carbocycles. The van der Waals surface area contributed by atoms with Gasteiger partial charge in [0.25, 0.3) is 0 Å². The molecule has 0 nitrogen and oxygen atoms in total. The highest BCUT2D eigenvalue weighted by Gasteiger charge is 2.24. The Bertz CT molecular complexity index is 313. The zero-order valence-electron chi connectivity index (χ0n) is 9.87. The van der Waals surface area contributed by atoms with E-state index in [1.54, 1.807) is 0 Å². The zero-order chi connectivity index (χ0) is 12.0. The zero-order valence-corrected chi connectivity index (χ0v) is 12.3. The van der Waals surface area contributed by atoms with Crippen LogP contribution in [0.25, 0.3) is 0 Å². The van der Waals surface area contributed by atoms with E-state index in [9.17, 15) is 0 Å². The van der Waals surface area contributed by atoms with Crippen LogP contribution in [0.4, 0.5) is 0 Å². The predicted octanol–water partition coefficient (Wildman–Crippen LogP) is 5.17. The molecule has 0 heterocycles. The van der Waals surface area contributed by atoms with Gasteiger partial charge in [-0.15, -0.1) is 11.8 Å². The van der Waals surface area contributed by atoms with Gasteiger partial charge < -0.3 is 0 Å². The Balaban J connectivity index is 2.66. The highest BCUT2D eigenvalue weighted by atomic mass is 35.5. The van der Waals surface area contributed by atoms with Crippen LogP contribution >= 0.6 is 36.0 Å². The molecule has 0 spiro atoms. The number of hydrogen-bond acceptors (Lipinski definition) is 2. The second kappa shape index (κ2) is 6.83. The molecule has 0 saturated carbocycles. The van der Waals surface area contributed by atoms with Gasteiger partial charge in [0.2, 0.25) is 0 Å². The number of rotatable bonds is 6. The van der Waals surface area contributed by atoms with Crippen molar-refractivity contribution in [2.24, 2.45) is 5.41 Å². The summed E-state index contributed by atoms with van der Waals surface area (Å²) in [4.78, 5) is 1.18. The van der Waals surface area contributed by atoms with Crippen molar-refractivity contribution in [3.05, 3.63) is 29.3 Å². The lowest BCUT2D eigenvalue weighted by Gasteiger charge is -2.29. The number of halogens is 1. The molecule has 0 saturated heterocycles. The number of hydrogen-bond donors (Lipinski definition) is 1. The summed E-state index contributed by atoms with van der Waals surface area (Å²) in [6.07, 6.45) is 2.34. The average molecular weight is 275 g/mol. The lowest BCUT2D eigenvalue weighted by Crippen LogP contribution is -2.24. The minimum atomic E-state index is 0.340. The van der Waals surface area contributed by atoms with Gasteiger partial charge in [-0.1, -0.05) is 37.6 Å². The third-order valence-electron chi connectivity index (χ3n) is 3.21. The molecule has 1 rings (SSSR count). The van der Waals surface area contributed by atoms with Crippen LogP contribution in [0.3, 0.4) is 0 Å². The summed E-state index contributed by atoms with van der Waals surface area (Å²) in [7, 11) is 0. The average Bonchev–Trinajstić information content (AvgIpc) is 2.34. The quantitative estimate of drug-likeness (QED) is 0.552. The molecule has 0 aliphatic heterocycles. The van der Waals surface area contributed by atoms with Crippen LogP contribution in [0.5, 0.6) is 0 Å². The number of benzene rings is 1. The van der Waals surface area contributed by atoms with Crippen LogP contribution in [0.1, 0.15) is 26.7 Å². The van der Waals surface area contributed by atoms with Crippen molar-refractivity contribution >= 4 is 36.0 Å². The molecule has 1 aromatic carbocycles. The van der Waals surface area contributed by atoms with E-state index in [1.165, 1.54) is 17.7 Å². The van der Waals surface area contributed by atoms with Gasteiger partial charge in [0, 0.05) is 10.6 Å². The Labute approximate surface area is 114 Å². The van der Waals surface area contributed by atoms with Gasteiger partial charge in [-0.05, 0) is 36.1 Å². The second-order valence-electron chi connectivity index (χ2n) is 4.08. The molecule has 0 aromatic heterocycles. The maximum atomic E-state index is 6.14. The minimum Gasteiger partial charge on any atom is -0.179 e. The van der Waals surface area contributed by atoms with Gasteiger partial charge in [-0.25, -0.2) is 0 Å². The summed E-state index contributed by atoms with van der Waals surface area (Å²) in [5, 5.41) is 0.854. The Hall–Kier alpha value is 0.210. The molecule has 0 N–H and O–H groups in total. The van der Waals surface area contributed by atoms with Crippen LogP contribution in [-0.2, 0) is 0 Å². The monoisotopic (exact) mass is 274 g/mol. The smallest absolute Gasteiger partial charge is 0.0541 e. The number of thiol groups is 1. The molecule has 0 bridgehead atoms. The first-order valence-corrected chi connectivity index (χ1v) is 7.65. The van der Waals surface area contributed by atoms with Gasteiger partial charge in [0.1, 0.15) is 0 Å². The SMILES string of the molecule is CCC(CC)(CS)CSc1ccccc1Cl. The Morgan fingerprint density at radius 3 is 2.38 bits per heavy atom. The van der Waals surface area contributed by atoms with Crippen molar-refractivity contribution in [3.8, 4) is 0 Å². The van der Waals surface area contributed by atoms with Crippen molar-refractivity contribution in [1.29, 1.82) is 0 Å². The van der Waals surface area contributed by atoms with E-state index >= 15 is 0 Å². The fourth-order valence-corrected chi connectivity index (χ4v) is 3.88. The Morgan fingerprint density at radius 2 is 1.88 bits per heavy atom. The van der Waals surface area contributed by atoms with Crippen molar-refractivity contribution in [3.63, 3.8) is 0 Å². The second-order valence-corrected chi connectivity index (χ2v) is 5.82. The summed E-state index contributed by atoms with van der Waals surface area (Å²) < 4.78 is 0. The maximum absolute atomic E-state index is 6.14. The fraction of sp³-hybridized carbons (Fsp3) is 0.538. The molecule has 0 amide bonds. The van der Waals surface area contributed by atoms with Gasteiger partial charge in [-0.3, -0.25) is 0 Å². The third-order valence-corrected chi connectivity index (χ3v) is 5.74. The minimum absolute atomic E-state index is 0.340. The van der Waals surface area contributed by atoms with E-state index in [0.29, 0.717) is 5.41 Å². The van der Waals surface area contributed by atoms with Gasteiger partial charge >= 0.3 is 0 Å². The Morgan fingerprint density at radius 1 is 1.25 bits per heavy atom. The molecule has 0 fully saturated rings. The first kappa shape index (κ1) is 14.3. The lowest BCUT2D eigenvalue weighted by molar-refractivity contribution is 0.357. The number of thioether (sulfide) groups is 1. The van der Waals surface area contributed by atoms with E-state index in [0.717, 1.165) is 16.5 Å². The summed E-state index contributed by atoms with van der Waals surface area (Å²) in [6, 6.07) is 8.04. The van der Waals surface area contributed by atoms with Gasteiger partial charge in [0.05, 0.1) is 5.02 Å². The fourth-order valence-electron chi connectivity index (χ4n) is 1.52. The van der Waals surface area contributed by atoms with E-state index in [2.05, 4.69) is 32.5 Å².